The van der Waals surface area contributed by atoms with E-state index in [9.17, 15) is 10.2 Å². The van der Waals surface area contributed by atoms with Crippen molar-refractivity contribution in [3.05, 3.63) is 47.0 Å². The number of hydrogen-bond acceptors (Lipinski definition) is 2. The molecule has 0 aromatic heterocycles. The van der Waals surface area contributed by atoms with E-state index in [4.69, 9.17) is 0 Å². The van der Waals surface area contributed by atoms with Crippen LogP contribution in [0.15, 0.2) is 30.3 Å². The van der Waals surface area contributed by atoms with E-state index < -0.39 is 16.1 Å². The van der Waals surface area contributed by atoms with Gasteiger partial charge in [0.25, 0.3) is 0 Å². The van der Waals surface area contributed by atoms with Crippen LogP contribution in [0.4, 0.5) is 0 Å². The fraction of sp³-hybridized carbons (Fsp3) is 0.500. The predicted octanol–water partition coefficient (Wildman–Crippen LogP) is 4.77. The molecule has 4 heteroatoms. The molecule has 154 valence electrons. The predicted molar refractivity (Wildman–Crippen MR) is 128 cm³/mol. The first kappa shape index (κ1) is 23.1. The maximum Gasteiger partial charge on any atom is 0.0789 e. The minimum atomic E-state index is -1.75. The lowest BCUT2D eigenvalue weighted by molar-refractivity contribution is 0.261. The van der Waals surface area contributed by atoms with E-state index in [2.05, 4.69) is 76.5 Å². The molecule has 0 heterocycles. The molecule has 0 saturated carbocycles. The summed E-state index contributed by atoms with van der Waals surface area (Å²) in [6.07, 6.45) is 3.56. The largest absolute Gasteiger partial charge is 0.392 e. The van der Waals surface area contributed by atoms with Gasteiger partial charge < -0.3 is 10.2 Å². The molecule has 2 nitrogen and oxygen atoms in total. The van der Waals surface area contributed by atoms with Gasteiger partial charge in [-0.25, -0.2) is 0 Å². The maximum atomic E-state index is 10.3. The van der Waals surface area contributed by atoms with Gasteiger partial charge in [-0.2, -0.15) is 0 Å². The van der Waals surface area contributed by atoms with E-state index in [1.807, 2.05) is 0 Å². The molecule has 0 spiro atoms. The number of unbranched alkanes of at least 4 members (excludes halogenated alkanes) is 1. The zero-order valence-electron chi connectivity index (χ0n) is 18.8. The van der Waals surface area contributed by atoms with Crippen LogP contribution in [0.25, 0.3) is 11.1 Å². The van der Waals surface area contributed by atoms with Crippen molar-refractivity contribution in [2.45, 2.75) is 78.7 Å². The van der Waals surface area contributed by atoms with Gasteiger partial charge in [-0.15, -0.1) is 0 Å². The molecule has 0 aliphatic heterocycles. The number of aliphatic hydroxyl groups excluding tert-OH is 2. The van der Waals surface area contributed by atoms with Crippen molar-refractivity contribution in [3.8, 4) is 11.1 Å². The van der Waals surface area contributed by atoms with Crippen LogP contribution < -0.4 is 10.4 Å². The summed E-state index contributed by atoms with van der Waals surface area (Å²) < 4.78 is 0. The smallest absolute Gasteiger partial charge is 0.0789 e. The van der Waals surface area contributed by atoms with Crippen molar-refractivity contribution in [3.63, 3.8) is 0 Å². The lowest BCUT2D eigenvalue weighted by Gasteiger charge is -2.31. The van der Waals surface area contributed by atoms with E-state index in [-0.39, 0.29) is 13.2 Å². The first-order chi connectivity index (χ1) is 13.0. The van der Waals surface area contributed by atoms with Gasteiger partial charge in [0.15, 0.2) is 0 Å². The van der Waals surface area contributed by atoms with Crippen molar-refractivity contribution in [2.75, 3.05) is 0 Å². The van der Waals surface area contributed by atoms with Gasteiger partial charge in [0, 0.05) is 0 Å². The van der Waals surface area contributed by atoms with E-state index in [1.54, 1.807) is 0 Å². The second-order valence-corrected chi connectivity index (χ2v) is 20.0. The quantitative estimate of drug-likeness (QED) is 0.611. The summed E-state index contributed by atoms with van der Waals surface area (Å²) in [6.45, 7) is 16.2. The molecule has 0 radical (unpaired) electrons. The number of benzene rings is 2. The van der Waals surface area contributed by atoms with E-state index in [0.717, 1.165) is 17.5 Å². The second-order valence-electron chi connectivity index (χ2n) is 9.92. The van der Waals surface area contributed by atoms with Gasteiger partial charge >= 0.3 is 0 Å². The van der Waals surface area contributed by atoms with Crippen LogP contribution in [0.1, 0.15) is 36.5 Å². The highest BCUT2D eigenvalue weighted by Crippen LogP contribution is 2.26. The van der Waals surface area contributed by atoms with Crippen molar-refractivity contribution in [1.82, 2.24) is 0 Å². The molecule has 2 aromatic carbocycles. The summed E-state index contributed by atoms with van der Waals surface area (Å²) in [5, 5.41) is 23.1. The maximum absolute atomic E-state index is 10.3. The highest BCUT2D eigenvalue weighted by atomic mass is 28.3. The summed E-state index contributed by atoms with van der Waals surface area (Å²) in [6, 6.07) is 11.3. The molecule has 0 aliphatic rings. The highest BCUT2D eigenvalue weighted by Gasteiger charge is 2.31. The van der Waals surface area contributed by atoms with Gasteiger partial charge in [-0.05, 0) is 45.8 Å². The first-order valence-electron chi connectivity index (χ1n) is 10.5. The monoisotopic (exact) mass is 414 g/mol. The molecule has 0 bridgehead atoms. The van der Waals surface area contributed by atoms with E-state index >= 15 is 0 Å². The van der Waals surface area contributed by atoms with Crippen LogP contribution in [0.3, 0.4) is 0 Å². The van der Waals surface area contributed by atoms with Gasteiger partial charge in [0.05, 0.1) is 29.4 Å². The molecule has 0 fully saturated rings. The molecule has 2 N–H and O–H groups in total. The third kappa shape index (κ3) is 5.04. The normalized spacial score (nSPS) is 12.5. The van der Waals surface area contributed by atoms with E-state index in [1.165, 1.54) is 39.9 Å². The van der Waals surface area contributed by atoms with Crippen molar-refractivity contribution < 1.29 is 10.2 Å². The summed E-state index contributed by atoms with van der Waals surface area (Å²) in [5.74, 6) is 0. The number of aryl methyl sites for hydroxylation is 1. The zero-order valence-corrected chi connectivity index (χ0v) is 20.8. The number of aliphatic hydroxyl groups is 2. The van der Waals surface area contributed by atoms with Crippen LogP contribution in [0, 0.1) is 0 Å². The van der Waals surface area contributed by atoms with Crippen LogP contribution in [0.2, 0.25) is 39.3 Å². The van der Waals surface area contributed by atoms with Crippen LogP contribution in [-0.4, -0.2) is 26.4 Å². The lowest BCUT2D eigenvalue weighted by atomic mass is 9.97. The van der Waals surface area contributed by atoms with Gasteiger partial charge in [-0.3, -0.25) is 0 Å². The van der Waals surface area contributed by atoms with Gasteiger partial charge in [0.1, 0.15) is 0 Å². The molecule has 0 aliphatic carbocycles. The van der Waals surface area contributed by atoms with Crippen molar-refractivity contribution in [2.24, 2.45) is 0 Å². The number of hydrogen-bond donors (Lipinski definition) is 2. The Balaban J connectivity index is 2.77. The Morgan fingerprint density at radius 2 is 1.36 bits per heavy atom. The third-order valence-corrected chi connectivity index (χ3v) is 9.64. The fourth-order valence-corrected chi connectivity index (χ4v) is 7.99. The SMILES string of the molecule is CCCCc1ccc(-c2cc([Si](C)(C)C)c(CO)c(CO)c2[Si](C)(C)C)cc1. The molecule has 28 heavy (non-hydrogen) atoms. The van der Waals surface area contributed by atoms with Gasteiger partial charge in [-0.1, -0.05) is 88.1 Å². The van der Waals surface area contributed by atoms with Crippen LogP contribution in [0.5, 0.6) is 0 Å². The molecule has 0 atom stereocenters. The fourth-order valence-electron chi connectivity index (χ4n) is 4.12. The first-order valence-corrected chi connectivity index (χ1v) is 17.5. The Morgan fingerprint density at radius 3 is 1.79 bits per heavy atom. The van der Waals surface area contributed by atoms with Crippen molar-refractivity contribution >= 4 is 26.5 Å². The Kier molecular flexibility index (Phi) is 7.48. The van der Waals surface area contributed by atoms with Crippen LogP contribution >= 0.6 is 0 Å². The minimum Gasteiger partial charge on any atom is -0.392 e. The Bertz CT molecular complexity index is 797. The minimum absolute atomic E-state index is 0.00319. The van der Waals surface area contributed by atoms with Gasteiger partial charge in [0.2, 0.25) is 0 Å². The number of rotatable bonds is 8. The average molecular weight is 415 g/mol. The molecule has 0 amide bonds. The Morgan fingerprint density at radius 1 is 0.786 bits per heavy atom. The standard InChI is InChI=1S/C24H38O2Si2/c1-8-9-10-18-11-13-19(14-12-18)20-15-23(27(2,3)4)21(16-25)22(17-26)24(20)28(5,6)7/h11-15,25-26H,8-10,16-17H2,1-7H3. The molecule has 2 aromatic rings. The Hall–Kier alpha value is -1.21. The lowest BCUT2D eigenvalue weighted by Crippen LogP contribution is -2.48. The zero-order chi connectivity index (χ0) is 21.1. The van der Waals surface area contributed by atoms with Crippen LogP contribution in [-0.2, 0) is 19.6 Å². The van der Waals surface area contributed by atoms with Crippen molar-refractivity contribution in [1.29, 1.82) is 0 Å². The Labute approximate surface area is 173 Å². The molecule has 2 rings (SSSR count). The summed E-state index contributed by atoms with van der Waals surface area (Å²) in [4.78, 5) is 0. The highest BCUT2D eigenvalue weighted by molar-refractivity contribution is 6.91. The molecule has 0 saturated heterocycles. The average Bonchev–Trinajstić information content (AvgIpc) is 2.63. The second kappa shape index (κ2) is 9.08. The summed E-state index contributed by atoms with van der Waals surface area (Å²) in [5.41, 5.74) is 5.84. The topological polar surface area (TPSA) is 40.5 Å². The summed E-state index contributed by atoms with van der Waals surface area (Å²) in [7, 11) is -3.42. The molecule has 0 unspecified atom stereocenters. The molecular formula is C24H38O2Si2. The van der Waals surface area contributed by atoms with E-state index in [0.29, 0.717) is 0 Å². The molecular weight excluding hydrogens is 376 g/mol. The third-order valence-electron chi connectivity index (χ3n) is 5.51. The summed E-state index contributed by atoms with van der Waals surface area (Å²) >= 11 is 0.